The highest BCUT2D eigenvalue weighted by Crippen LogP contribution is 2.10. The summed E-state index contributed by atoms with van der Waals surface area (Å²) in [6.07, 6.45) is 0. The molecule has 1 amide bonds. The quantitative estimate of drug-likeness (QED) is 0.852. The van der Waals surface area contributed by atoms with Gasteiger partial charge in [-0.15, -0.1) is 10.2 Å². The topological polar surface area (TPSA) is 80.0 Å². The average molecular weight is 260 g/mol. The first kappa shape index (κ1) is 13.2. The van der Waals surface area contributed by atoms with Crippen LogP contribution >= 0.6 is 0 Å². The lowest BCUT2D eigenvalue weighted by Gasteiger charge is -1.99. The Bertz CT molecular complexity index is 575. The maximum atomic E-state index is 11.8. The molecule has 0 aliphatic heterocycles. The molecule has 0 spiro atoms. The fourth-order valence-corrected chi connectivity index (χ4v) is 1.66. The van der Waals surface area contributed by atoms with Gasteiger partial charge in [-0.3, -0.25) is 4.79 Å². The second-order valence-corrected chi connectivity index (χ2v) is 4.14. The van der Waals surface area contributed by atoms with E-state index < -0.39 is 0 Å². The molecule has 6 nitrogen and oxygen atoms in total. The number of rotatable bonds is 4. The third-order valence-corrected chi connectivity index (χ3v) is 2.65. The first-order valence-electron chi connectivity index (χ1n) is 6.08. The van der Waals surface area contributed by atoms with E-state index in [0.29, 0.717) is 6.54 Å². The number of aromatic nitrogens is 3. The monoisotopic (exact) mass is 260 g/mol. The third-order valence-electron chi connectivity index (χ3n) is 2.65. The molecule has 2 aromatic rings. The zero-order chi connectivity index (χ0) is 13.8. The lowest BCUT2D eigenvalue weighted by molar-refractivity contribution is 0.0947. The largest absolute Gasteiger partial charge is 0.390 e. The molecule has 0 unspecified atom stereocenters. The molecule has 1 aromatic heterocycles. The van der Waals surface area contributed by atoms with E-state index in [0.717, 1.165) is 11.3 Å². The minimum Gasteiger partial charge on any atom is -0.390 e. The van der Waals surface area contributed by atoms with E-state index >= 15 is 0 Å². The van der Waals surface area contributed by atoms with E-state index in [1.54, 1.807) is 0 Å². The molecule has 0 radical (unpaired) electrons. The molecular formula is C13H16N4O2. The Morgan fingerprint density at radius 3 is 2.58 bits per heavy atom. The van der Waals surface area contributed by atoms with Crippen molar-refractivity contribution in [2.75, 3.05) is 6.54 Å². The van der Waals surface area contributed by atoms with Gasteiger partial charge in [0, 0.05) is 6.54 Å². The van der Waals surface area contributed by atoms with Gasteiger partial charge in [0.1, 0.15) is 5.69 Å². The average Bonchev–Trinajstić information content (AvgIpc) is 2.84. The molecule has 6 heteroatoms. The second kappa shape index (κ2) is 5.62. The Balaban J connectivity index is 2.38. The summed E-state index contributed by atoms with van der Waals surface area (Å²) in [5.41, 5.74) is 2.30. The summed E-state index contributed by atoms with van der Waals surface area (Å²) in [6, 6.07) is 7.59. The van der Waals surface area contributed by atoms with Crippen LogP contribution in [0.5, 0.6) is 0 Å². The molecule has 0 saturated carbocycles. The Morgan fingerprint density at radius 2 is 2.00 bits per heavy atom. The van der Waals surface area contributed by atoms with Gasteiger partial charge in [-0.25, -0.2) is 0 Å². The highest BCUT2D eigenvalue weighted by Gasteiger charge is 2.17. The Hall–Kier alpha value is -2.21. The standard InChI is InChI=1S/C13H16N4O2/c1-3-14-13(19)12-11(8-18)15-17(16-12)10-6-4-9(2)5-7-10/h4-7,18H,3,8H2,1-2H3,(H,14,19). The van der Waals surface area contributed by atoms with Crippen molar-refractivity contribution in [3.63, 3.8) is 0 Å². The number of aliphatic hydroxyl groups is 1. The number of amides is 1. The highest BCUT2D eigenvalue weighted by molar-refractivity contribution is 5.93. The Kier molecular flexibility index (Phi) is 3.91. The van der Waals surface area contributed by atoms with Gasteiger partial charge in [-0.2, -0.15) is 4.80 Å². The van der Waals surface area contributed by atoms with Gasteiger partial charge in [-0.1, -0.05) is 17.7 Å². The number of nitrogens with zero attached hydrogens (tertiary/aromatic N) is 3. The van der Waals surface area contributed by atoms with Crippen LogP contribution in [0.25, 0.3) is 5.69 Å². The maximum Gasteiger partial charge on any atom is 0.273 e. The van der Waals surface area contributed by atoms with Gasteiger partial charge >= 0.3 is 0 Å². The molecular weight excluding hydrogens is 244 g/mol. The van der Waals surface area contributed by atoms with Crippen molar-refractivity contribution in [3.05, 3.63) is 41.2 Å². The Labute approximate surface area is 111 Å². The summed E-state index contributed by atoms with van der Waals surface area (Å²) >= 11 is 0. The molecule has 0 bridgehead atoms. The molecule has 0 aliphatic carbocycles. The molecule has 0 atom stereocenters. The first-order valence-corrected chi connectivity index (χ1v) is 6.08. The fraction of sp³-hybridized carbons (Fsp3) is 0.308. The van der Waals surface area contributed by atoms with Crippen molar-refractivity contribution in [1.82, 2.24) is 20.3 Å². The number of benzene rings is 1. The van der Waals surface area contributed by atoms with E-state index in [9.17, 15) is 9.90 Å². The summed E-state index contributed by atoms with van der Waals surface area (Å²) in [6.45, 7) is 3.99. The number of hydrogen-bond acceptors (Lipinski definition) is 4. The van der Waals surface area contributed by atoms with Crippen LogP contribution in [0.15, 0.2) is 24.3 Å². The minimum atomic E-state index is -0.329. The summed E-state index contributed by atoms with van der Waals surface area (Å²) in [5, 5.41) is 20.1. The van der Waals surface area contributed by atoms with Crippen LogP contribution in [-0.2, 0) is 6.61 Å². The summed E-state index contributed by atoms with van der Waals surface area (Å²) in [5.74, 6) is -0.329. The molecule has 2 rings (SSSR count). The normalized spacial score (nSPS) is 10.5. The Morgan fingerprint density at radius 1 is 1.32 bits per heavy atom. The van der Waals surface area contributed by atoms with Crippen LogP contribution in [-0.4, -0.2) is 32.6 Å². The van der Waals surface area contributed by atoms with Crippen LogP contribution in [0.1, 0.15) is 28.7 Å². The molecule has 1 heterocycles. The van der Waals surface area contributed by atoms with Crippen LogP contribution in [0.3, 0.4) is 0 Å². The summed E-state index contributed by atoms with van der Waals surface area (Å²) in [4.78, 5) is 13.1. The predicted molar refractivity (Wildman–Crippen MR) is 70.0 cm³/mol. The minimum absolute atomic E-state index is 0.157. The van der Waals surface area contributed by atoms with Crippen LogP contribution < -0.4 is 5.32 Å². The number of carbonyl (C=O) groups is 1. The number of aliphatic hydroxyl groups excluding tert-OH is 1. The lowest BCUT2D eigenvalue weighted by Crippen LogP contribution is -2.24. The van der Waals surface area contributed by atoms with Crippen LogP contribution in [0.2, 0.25) is 0 Å². The fourth-order valence-electron chi connectivity index (χ4n) is 1.66. The third kappa shape index (κ3) is 2.79. The van der Waals surface area contributed by atoms with Gasteiger partial charge < -0.3 is 10.4 Å². The van der Waals surface area contributed by atoms with E-state index in [2.05, 4.69) is 15.5 Å². The number of aryl methyl sites for hydroxylation is 1. The van der Waals surface area contributed by atoms with Crippen molar-refractivity contribution >= 4 is 5.91 Å². The summed E-state index contributed by atoms with van der Waals surface area (Å²) in [7, 11) is 0. The smallest absolute Gasteiger partial charge is 0.273 e. The molecule has 0 saturated heterocycles. The number of carbonyl (C=O) groups excluding carboxylic acids is 1. The zero-order valence-corrected chi connectivity index (χ0v) is 10.9. The maximum absolute atomic E-state index is 11.8. The van der Waals surface area contributed by atoms with Crippen molar-refractivity contribution in [2.24, 2.45) is 0 Å². The van der Waals surface area contributed by atoms with Crippen molar-refractivity contribution in [1.29, 1.82) is 0 Å². The van der Waals surface area contributed by atoms with Crippen molar-refractivity contribution < 1.29 is 9.90 Å². The molecule has 0 aliphatic rings. The molecule has 2 N–H and O–H groups in total. The van der Waals surface area contributed by atoms with E-state index in [1.165, 1.54) is 4.80 Å². The van der Waals surface area contributed by atoms with Crippen molar-refractivity contribution in [3.8, 4) is 5.69 Å². The van der Waals surface area contributed by atoms with Crippen LogP contribution in [0.4, 0.5) is 0 Å². The highest BCUT2D eigenvalue weighted by atomic mass is 16.3. The number of hydrogen-bond donors (Lipinski definition) is 2. The predicted octanol–water partition coefficient (Wildman–Crippen LogP) is 0.818. The first-order chi connectivity index (χ1) is 9.15. The number of nitrogens with one attached hydrogen (secondary N) is 1. The molecule has 0 fully saturated rings. The van der Waals surface area contributed by atoms with Gasteiger partial charge in [0.2, 0.25) is 0 Å². The lowest BCUT2D eigenvalue weighted by atomic mass is 10.2. The molecule has 100 valence electrons. The second-order valence-electron chi connectivity index (χ2n) is 4.14. The zero-order valence-electron chi connectivity index (χ0n) is 10.9. The van der Waals surface area contributed by atoms with Gasteiger partial charge in [0.15, 0.2) is 5.69 Å². The van der Waals surface area contributed by atoms with E-state index in [4.69, 9.17) is 0 Å². The molecule has 1 aromatic carbocycles. The van der Waals surface area contributed by atoms with Gasteiger partial charge in [0.05, 0.1) is 12.3 Å². The van der Waals surface area contributed by atoms with Gasteiger partial charge in [-0.05, 0) is 26.0 Å². The molecule has 19 heavy (non-hydrogen) atoms. The SMILES string of the molecule is CCNC(=O)c1nn(-c2ccc(C)cc2)nc1CO. The van der Waals surface area contributed by atoms with Gasteiger partial charge in [0.25, 0.3) is 5.91 Å². The van der Waals surface area contributed by atoms with E-state index in [-0.39, 0.29) is 23.9 Å². The summed E-state index contributed by atoms with van der Waals surface area (Å²) < 4.78 is 0. The van der Waals surface area contributed by atoms with Crippen molar-refractivity contribution in [2.45, 2.75) is 20.5 Å². The van der Waals surface area contributed by atoms with E-state index in [1.807, 2.05) is 38.1 Å². The van der Waals surface area contributed by atoms with Crippen LogP contribution in [0, 0.1) is 6.92 Å².